The summed E-state index contributed by atoms with van der Waals surface area (Å²) < 4.78 is 16.5. The average Bonchev–Trinajstić information content (AvgIpc) is 1.16. The van der Waals surface area contributed by atoms with Crippen LogP contribution in [0.15, 0.2) is 265 Å². The number of rotatable bonds is 13. The summed E-state index contributed by atoms with van der Waals surface area (Å²) in [6.07, 6.45) is 16.0. The molecule has 0 unspecified atom stereocenters. The van der Waals surface area contributed by atoms with Crippen molar-refractivity contribution in [1.82, 2.24) is 28.9 Å². The molecule has 0 fully saturated rings. The molecule has 0 saturated carbocycles. The molecule has 2 aliphatic heterocycles. The SMILES string of the molecule is CC(C)N1C=CN(c2[c-]ccc3c2oc2ccccc23)[CH-]1.CC(C)c1cc(-c2ccccc2)cc(C(C)C)c1-n1ccnc1-c1[c-]cccc1.CC(C)c1cc(-c2ccccc2)cc(C(C)C)c1-n1ccnc1-c1[c-]cccc1.CN1C=CN(c2[c-]ccc3c2oc2ccccc23)[CH-]1.[Ir+3].[Ir+3]. The molecular formula is C88H82Ir2N8O2. The van der Waals surface area contributed by atoms with Gasteiger partial charge in [0.05, 0.1) is 11.6 Å². The zero-order valence-corrected chi connectivity index (χ0v) is 63.1. The summed E-state index contributed by atoms with van der Waals surface area (Å²) in [6, 6.07) is 84.7. The van der Waals surface area contributed by atoms with E-state index in [1.165, 1.54) is 55.9 Å². The largest absolute Gasteiger partial charge is 3.00 e. The van der Waals surface area contributed by atoms with Gasteiger partial charge in [-0.1, -0.05) is 175 Å². The van der Waals surface area contributed by atoms with Gasteiger partial charge in [-0.15, -0.1) is 71.8 Å². The topological polar surface area (TPSA) is 74.9 Å². The van der Waals surface area contributed by atoms with Gasteiger partial charge in [-0.05, 0) is 156 Å². The standard InChI is InChI=1S/2C27H27N2.C18H16N2O.C16H12N2O.2Ir/c2*1-19(2)24-17-23(21-11-7-5-8-12-21)18-25(20(3)4)26(24)29-16-15-28-27(29)22-13-9-6-10-14-22;1-13(2)19-10-11-20(12-19)16-8-5-7-15-14-6-3-4-9-17(14)21-18(15)16;1-17-9-10-18(11-17)14-7-4-6-13-12-5-2-3-8-15(12)19-16(13)14;;/h2*5-13,15-20H,1-4H3;3-7,9-13H,1-2H3;2-6,8-11H,1H3;;/q2*-1;2*-2;2*+3. The Labute approximate surface area is 616 Å². The number of furan rings is 2. The molecule has 14 aromatic rings. The summed E-state index contributed by atoms with van der Waals surface area (Å²) >= 11 is 0. The summed E-state index contributed by atoms with van der Waals surface area (Å²) in [5.74, 6) is 3.42. The van der Waals surface area contributed by atoms with Crippen LogP contribution in [0.4, 0.5) is 11.4 Å². The molecule has 0 amide bonds. The van der Waals surface area contributed by atoms with Gasteiger partial charge in [0, 0.05) is 58.1 Å². The zero-order valence-electron chi connectivity index (χ0n) is 58.4. The van der Waals surface area contributed by atoms with Gasteiger partial charge in [0.1, 0.15) is 11.2 Å². The van der Waals surface area contributed by atoms with Crippen LogP contribution in [0.5, 0.6) is 0 Å². The van der Waals surface area contributed by atoms with Crippen LogP contribution in [0.1, 0.15) is 115 Å². The van der Waals surface area contributed by atoms with E-state index in [0.29, 0.717) is 29.7 Å². The molecule has 2 aliphatic rings. The third-order valence-corrected chi connectivity index (χ3v) is 17.9. The number of anilines is 2. The molecule has 10 nitrogen and oxygen atoms in total. The monoisotopic (exact) mass is 1670 g/mol. The number of fused-ring (bicyclic) bond motifs is 6. The number of para-hydroxylation sites is 2. The van der Waals surface area contributed by atoms with Crippen molar-refractivity contribution >= 4 is 55.3 Å². The second kappa shape index (κ2) is 32.0. The molecule has 0 spiro atoms. The molecule has 0 aliphatic carbocycles. The van der Waals surface area contributed by atoms with Crippen molar-refractivity contribution in [1.29, 1.82) is 0 Å². The van der Waals surface area contributed by atoms with Crippen LogP contribution >= 0.6 is 0 Å². The van der Waals surface area contributed by atoms with Crippen LogP contribution in [-0.2, 0) is 40.2 Å². The van der Waals surface area contributed by atoms with Crippen molar-refractivity contribution in [2.75, 3.05) is 16.8 Å². The summed E-state index contributed by atoms with van der Waals surface area (Å²) in [6.45, 7) is 26.5. The van der Waals surface area contributed by atoms with Gasteiger partial charge < -0.3 is 37.6 Å². The number of hydrogen-bond acceptors (Lipinski definition) is 8. The van der Waals surface area contributed by atoms with Crippen molar-refractivity contribution in [3.05, 3.63) is 316 Å². The molecule has 0 atom stereocenters. The molecule has 0 N–H and O–H groups in total. The van der Waals surface area contributed by atoms with E-state index in [9.17, 15) is 0 Å². The normalized spacial score (nSPS) is 12.6. The van der Waals surface area contributed by atoms with Crippen LogP contribution in [0.2, 0.25) is 0 Å². The van der Waals surface area contributed by atoms with Crippen molar-refractivity contribution in [3.63, 3.8) is 0 Å². The Morgan fingerprint density at radius 3 is 1.14 bits per heavy atom. The van der Waals surface area contributed by atoms with Gasteiger partial charge in [0.15, 0.2) is 0 Å². The minimum absolute atomic E-state index is 0. The molecule has 100 heavy (non-hydrogen) atoms. The molecule has 12 heteroatoms. The van der Waals surface area contributed by atoms with E-state index in [0.717, 1.165) is 78.0 Å². The van der Waals surface area contributed by atoms with Gasteiger partial charge >= 0.3 is 40.2 Å². The predicted molar refractivity (Wildman–Crippen MR) is 405 cm³/mol. The third-order valence-electron chi connectivity index (χ3n) is 17.9. The fourth-order valence-electron chi connectivity index (χ4n) is 12.8. The van der Waals surface area contributed by atoms with Gasteiger partial charge in [0.25, 0.3) is 0 Å². The smallest absolute Gasteiger partial charge is 0.514 e. The second-order valence-electron chi connectivity index (χ2n) is 26.3. The second-order valence-corrected chi connectivity index (χ2v) is 26.3. The van der Waals surface area contributed by atoms with Crippen molar-refractivity contribution in [2.45, 2.75) is 99.0 Å². The van der Waals surface area contributed by atoms with E-state index < -0.39 is 0 Å². The molecule has 0 saturated heterocycles. The number of aromatic nitrogens is 4. The predicted octanol–water partition coefficient (Wildman–Crippen LogP) is 22.7. The van der Waals surface area contributed by atoms with Crippen LogP contribution < -0.4 is 9.80 Å². The van der Waals surface area contributed by atoms with Crippen LogP contribution in [0.25, 0.3) is 100 Å². The minimum Gasteiger partial charge on any atom is -0.514 e. The number of benzene rings is 10. The van der Waals surface area contributed by atoms with Crippen molar-refractivity contribution in [3.8, 4) is 56.4 Å². The Morgan fingerprint density at radius 1 is 0.380 bits per heavy atom. The molecule has 6 heterocycles. The Kier molecular flexibility index (Phi) is 22.9. The molecule has 0 radical (unpaired) electrons. The quantitative estimate of drug-likeness (QED) is 0.106. The van der Waals surface area contributed by atoms with E-state index in [1.807, 2.05) is 146 Å². The summed E-state index contributed by atoms with van der Waals surface area (Å²) in [5.41, 5.74) is 20.4. The van der Waals surface area contributed by atoms with E-state index in [-0.39, 0.29) is 40.2 Å². The Bertz CT molecular complexity index is 4850. The van der Waals surface area contributed by atoms with E-state index in [2.05, 4.69) is 263 Å². The molecule has 10 aromatic carbocycles. The van der Waals surface area contributed by atoms with E-state index >= 15 is 0 Å². The Morgan fingerprint density at radius 2 is 0.770 bits per heavy atom. The maximum absolute atomic E-state index is 6.05. The Hall–Kier alpha value is -9.80. The third kappa shape index (κ3) is 15.2. The van der Waals surface area contributed by atoms with E-state index in [1.54, 1.807) is 0 Å². The zero-order chi connectivity index (χ0) is 68.0. The summed E-state index contributed by atoms with van der Waals surface area (Å²) in [7, 11) is 2.00. The van der Waals surface area contributed by atoms with Crippen molar-refractivity contribution in [2.24, 2.45) is 0 Å². The molecule has 504 valence electrons. The van der Waals surface area contributed by atoms with Crippen LogP contribution in [0, 0.1) is 37.6 Å². The summed E-state index contributed by atoms with van der Waals surface area (Å²) in [5, 5.41) is 4.54. The fraction of sp³-hybridized carbons (Fsp3) is 0.182. The van der Waals surface area contributed by atoms with Crippen molar-refractivity contribution < 1.29 is 49.0 Å². The molecule has 0 bridgehead atoms. The Balaban J connectivity index is 0.000000135. The number of imidazole rings is 2. The number of nitrogens with zero attached hydrogens (tertiary/aromatic N) is 8. The van der Waals surface area contributed by atoms with Crippen LogP contribution in [-0.4, -0.2) is 42.0 Å². The maximum atomic E-state index is 6.05. The first-order valence-corrected chi connectivity index (χ1v) is 33.9. The first-order valence-electron chi connectivity index (χ1n) is 33.9. The van der Waals surface area contributed by atoms with Gasteiger partial charge in [-0.2, -0.15) is 49.7 Å². The van der Waals surface area contributed by atoms with Crippen LogP contribution in [0.3, 0.4) is 0 Å². The first-order chi connectivity index (χ1) is 47.7. The molecular weight excluding hydrogens is 1590 g/mol. The minimum atomic E-state index is 0. The van der Waals surface area contributed by atoms with Gasteiger partial charge in [-0.3, -0.25) is 9.97 Å². The molecule has 4 aromatic heterocycles. The number of hydrogen-bond donors (Lipinski definition) is 0. The maximum Gasteiger partial charge on any atom is 3.00 e. The summed E-state index contributed by atoms with van der Waals surface area (Å²) in [4.78, 5) is 17.6. The van der Waals surface area contributed by atoms with Gasteiger partial charge in [-0.25, -0.2) is 0 Å². The van der Waals surface area contributed by atoms with Gasteiger partial charge in [0.2, 0.25) is 0 Å². The first kappa shape index (κ1) is 71.5. The molecule has 16 rings (SSSR count). The fourth-order valence-corrected chi connectivity index (χ4v) is 12.8. The van der Waals surface area contributed by atoms with E-state index in [4.69, 9.17) is 8.83 Å². The average molecular weight is 1670 g/mol.